The van der Waals surface area contributed by atoms with Crippen molar-refractivity contribution in [3.8, 4) is 0 Å². The molecule has 0 spiro atoms. The maximum atomic E-state index is 4.61. The summed E-state index contributed by atoms with van der Waals surface area (Å²) in [6, 6.07) is 11.3. The van der Waals surface area contributed by atoms with Crippen LogP contribution in [-0.4, -0.2) is 17.8 Å². The standard InChI is InChI=1S/C14H18N2S/c1-10-7-12(8-10)16-14-15-9-13(17-14)11-5-3-2-4-6-11/h2-6,10,12-13H,7-9H2,1H3,(H,15,16). The van der Waals surface area contributed by atoms with Crippen LogP contribution in [0.25, 0.3) is 0 Å². The van der Waals surface area contributed by atoms with Gasteiger partial charge in [0.05, 0.1) is 11.8 Å². The second kappa shape index (κ2) is 4.73. The van der Waals surface area contributed by atoms with Crippen molar-refractivity contribution in [3.05, 3.63) is 35.9 Å². The molecule has 1 aliphatic carbocycles. The summed E-state index contributed by atoms with van der Waals surface area (Å²) in [5.41, 5.74) is 1.39. The summed E-state index contributed by atoms with van der Waals surface area (Å²) < 4.78 is 0. The zero-order valence-electron chi connectivity index (χ0n) is 10.1. The Bertz CT molecular complexity index is 409. The predicted octanol–water partition coefficient (Wildman–Crippen LogP) is 3.22. The second-order valence-electron chi connectivity index (χ2n) is 5.08. The Labute approximate surface area is 107 Å². The third kappa shape index (κ3) is 2.49. The molecule has 1 aromatic rings. The molecule has 0 bridgehead atoms. The van der Waals surface area contributed by atoms with Gasteiger partial charge in [-0.3, -0.25) is 4.99 Å². The summed E-state index contributed by atoms with van der Waals surface area (Å²) in [7, 11) is 0. The van der Waals surface area contributed by atoms with Gasteiger partial charge in [0.2, 0.25) is 0 Å². The molecule has 1 atom stereocenters. The molecule has 1 fully saturated rings. The van der Waals surface area contributed by atoms with E-state index in [1.807, 2.05) is 11.8 Å². The van der Waals surface area contributed by atoms with E-state index in [4.69, 9.17) is 0 Å². The van der Waals surface area contributed by atoms with Crippen molar-refractivity contribution < 1.29 is 0 Å². The molecule has 2 aliphatic rings. The first kappa shape index (κ1) is 11.1. The third-order valence-electron chi connectivity index (χ3n) is 3.53. The molecule has 1 heterocycles. The summed E-state index contributed by atoms with van der Waals surface area (Å²) in [6.07, 6.45) is 2.60. The van der Waals surface area contributed by atoms with Gasteiger partial charge in [0.1, 0.15) is 0 Å². The molecule has 1 aromatic carbocycles. The fourth-order valence-corrected chi connectivity index (χ4v) is 3.59. The van der Waals surface area contributed by atoms with Crippen molar-refractivity contribution in [1.82, 2.24) is 5.32 Å². The average Bonchev–Trinajstić information content (AvgIpc) is 2.77. The highest BCUT2D eigenvalue weighted by atomic mass is 32.2. The van der Waals surface area contributed by atoms with Crippen LogP contribution in [0.2, 0.25) is 0 Å². The molecule has 0 radical (unpaired) electrons. The quantitative estimate of drug-likeness (QED) is 0.866. The largest absolute Gasteiger partial charge is 0.362 e. The average molecular weight is 246 g/mol. The highest BCUT2D eigenvalue weighted by Gasteiger charge is 2.28. The number of aliphatic imine (C=N–C) groups is 1. The van der Waals surface area contributed by atoms with Crippen LogP contribution in [0.15, 0.2) is 35.3 Å². The predicted molar refractivity (Wildman–Crippen MR) is 74.4 cm³/mol. The van der Waals surface area contributed by atoms with E-state index in [-0.39, 0.29) is 0 Å². The van der Waals surface area contributed by atoms with Gasteiger partial charge in [-0.2, -0.15) is 0 Å². The number of amidine groups is 1. The van der Waals surface area contributed by atoms with Crippen LogP contribution in [-0.2, 0) is 0 Å². The number of hydrogen-bond donors (Lipinski definition) is 1. The van der Waals surface area contributed by atoms with E-state index < -0.39 is 0 Å². The smallest absolute Gasteiger partial charge is 0.157 e. The van der Waals surface area contributed by atoms with Crippen molar-refractivity contribution in [2.45, 2.75) is 31.1 Å². The molecule has 1 N–H and O–H groups in total. The van der Waals surface area contributed by atoms with Crippen LogP contribution in [0.1, 0.15) is 30.6 Å². The molecule has 0 aromatic heterocycles. The van der Waals surface area contributed by atoms with Crippen LogP contribution in [0, 0.1) is 5.92 Å². The normalized spacial score (nSPS) is 31.8. The molecule has 0 amide bonds. The Morgan fingerprint density at radius 2 is 2.00 bits per heavy atom. The molecule has 1 unspecified atom stereocenters. The van der Waals surface area contributed by atoms with Crippen LogP contribution in [0.5, 0.6) is 0 Å². The monoisotopic (exact) mass is 246 g/mol. The minimum absolute atomic E-state index is 0.510. The summed E-state index contributed by atoms with van der Waals surface area (Å²) in [6.45, 7) is 3.23. The lowest BCUT2D eigenvalue weighted by atomic mass is 9.82. The van der Waals surface area contributed by atoms with E-state index in [0.717, 1.165) is 17.6 Å². The summed E-state index contributed by atoms with van der Waals surface area (Å²) in [5.74, 6) is 0.893. The summed E-state index contributed by atoms with van der Waals surface area (Å²) >= 11 is 1.88. The van der Waals surface area contributed by atoms with E-state index in [1.165, 1.54) is 18.4 Å². The van der Waals surface area contributed by atoms with E-state index >= 15 is 0 Å². The van der Waals surface area contributed by atoms with E-state index in [1.54, 1.807) is 0 Å². The van der Waals surface area contributed by atoms with Crippen molar-refractivity contribution in [3.63, 3.8) is 0 Å². The van der Waals surface area contributed by atoms with E-state index in [9.17, 15) is 0 Å². The van der Waals surface area contributed by atoms with Crippen molar-refractivity contribution >= 4 is 16.9 Å². The first-order valence-electron chi connectivity index (χ1n) is 6.34. The molecule has 2 nitrogen and oxygen atoms in total. The topological polar surface area (TPSA) is 24.4 Å². The fourth-order valence-electron chi connectivity index (χ4n) is 2.49. The first-order valence-corrected chi connectivity index (χ1v) is 7.22. The second-order valence-corrected chi connectivity index (χ2v) is 6.27. The molecule has 3 heteroatoms. The maximum absolute atomic E-state index is 4.61. The summed E-state index contributed by atoms with van der Waals surface area (Å²) in [5, 5.41) is 5.22. The van der Waals surface area contributed by atoms with Gasteiger partial charge in [0, 0.05) is 6.04 Å². The number of nitrogens with zero attached hydrogens (tertiary/aromatic N) is 1. The van der Waals surface area contributed by atoms with Crippen molar-refractivity contribution in [2.24, 2.45) is 10.9 Å². The number of hydrogen-bond acceptors (Lipinski definition) is 3. The lowest BCUT2D eigenvalue weighted by molar-refractivity contribution is 0.269. The Balaban J connectivity index is 1.54. The molecule has 1 saturated carbocycles. The number of rotatable bonds is 2. The highest BCUT2D eigenvalue weighted by Crippen LogP contribution is 2.35. The first-order chi connectivity index (χ1) is 8.31. The van der Waals surface area contributed by atoms with Crippen LogP contribution in [0.4, 0.5) is 0 Å². The van der Waals surface area contributed by atoms with E-state index in [0.29, 0.717) is 11.3 Å². The molecular formula is C14H18N2S. The number of nitrogens with one attached hydrogen (secondary N) is 1. The van der Waals surface area contributed by atoms with Crippen LogP contribution < -0.4 is 5.32 Å². The van der Waals surface area contributed by atoms with Crippen LogP contribution in [0.3, 0.4) is 0 Å². The van der Waals surface area contributed by atoms with Gasteiger partial charge in [0.15, 0.2) is 5.17 Å². The van der Waals surface area contributed by atoms with Gasteiger partial charge in [-0.25, -0.2) is 0 Å². The Morgan fingerprint density at radius 3 is 2.71 bits per heavy atom. The lowest BCUT2D eigenvalue weighted by Crippen LogP contribution is -2.42. The maximum Gasteiger partial charge on any atom is 0.157 e. The molecule has 90 valence electrons. The van der Waals surface area contributed by atoms with E-state index in [2.05, 4.69) is 47.6 Å². The zero-order chi connectivity index (χ0) is 11.7. The number of benzene rings is 1. The molecule has 0 saturated heterocycles. The zero-order valence-corrected chi connectivity index (χ0v) is 10.9. The number of thioether (sulfide) groups is 1. The van der Waals surface area contributed by atoms with Gasteiger partial charge < -0.3 is 5.32 Å². The third-order valence-corrected chi connectivity index (χ3v) is 4.70. The Morgan fingerprint density at radius 1 is 1.24 bits per heavy atom. The van der Waals surface area contributed by atoms with Crippen molar-refractivity contribution in [1.29, 1.82) is 0 Å². The minimum atomic E-state index is 0.510. The van der Waals surface area contributed by atoms with Crippen molar-refractivity contribution in [2.75, 3.05) is 6.54 Å². The minimum Gasteiger partial charge on any atom is -0.362 e. The lowest BCUT2D eigenvalue weighted by Gasteiger charge is -2.33. The van der Waals surface area contributed by atoms with Gasteiger partial charge in [-0.05, 0) is 24.3 Å². The molecule has 1 aliphatic heterocycles. The van der Waals surface area contributed by atoms with Gasteiger partial charge in [-0.15, -0.1) is 0 Å². The Hall–Kier alpha value is -0.960. The molecule has 3 rings (SSSR count). The van der Waals surface area contributed by atoms with Gasteiger partial charge in [-0.1, -0.05) is 49.0 Å². The van der Waals surface area contributed by atoms with Gasteiger partial charge >= 0.3 is 0 Å². The fraction of sp³-hybridized carbons (Fsp3) is 0.500. The highest BCUT2D eigenvalue weighted by molar-refractivity contribution is 8.14. The molecule has 17 heavy (non-hydrogen) atoms. The SMILES string of the molecule is CC1CC(NC2=NCC(c3ccccc3)S2)C1. The Kier molecular flexibility index (Phi) is 3.10. The molecular weight excluding hydrogens is 228 g/mol. The van der Waals surface area contributed by atoms with Gasteiger partial charge in [0.25, 0.3) is 0 Å². The van der Waals surface area contributed by atoms with Crippen LogP contribution >= 0.6 is 11.8 Å². The summed E-state index contributed by atoms with van der Waals surface area (Å²) in [4.78, 5) is 4.61.